The van der Waals surface area contributed by atoms with E-state index in [1.54, 1.807) is 15.9 Å². The van der Waals surface area contributed by atoms with Crippen LogP contribution in [0.5, 0.6) is 0 Å². The molecule has 0 saturated heterocycles. The van der Waals surface area contributed by atoms with Gasteiger partial charge in [0.15, 0.2) is 0 Å². The van der Waals surface area contributed by atoms with Gasteiger partial charge in [-0.3, -0.25) is 0 Å². The van der Waals surface area contributed by atoms with Gasteiger partial charge in [-0.15, -0.1) is 0 Å². The van der Waals surface area contributed by atoms with E-state index in [0.29, 0.717) is 0 Å². The lowest BCUT2D eigenvalue weighted by Gasteiger charge is -2.19. The Bertz CT molecular complexity index is 102. The van der Waals surface area contributed by atoms with E-state index in [4.69, 9.17) is 5.11 Å². The van der Waals surface area contributed by atoms with E-state index in [-0.39, 0.29) is 0 Å². The van der Waals surface area contributed by atoms with E-state index >= 15 is 0 Å². The second kappa shape index (κ2) is 2.64. The van der Waals surface area contributed by atoms with Crippen molar-refractivity contribution in [2.24, 2.45) is 0 Å². The molecule has 0 spiro atoms. The molecule has 1 nitrogen and oxygen atoms in total. The van der Waals surface area contributed by atoms with Crippen molar-refractivity contribution in [1.82, 2.24) is 0 Å². The first-order valence-corrected chi connectivity index (χ1v) is 3.04. The van der Waals surface area contributed by atoms with Gasteiger partial charge < -0.3 is 5.11 Å². The maximum absolute atomic E-state index is 12.0. The smallest absolute Gasteiger partial charge is 0.350 e. The van der Waals surface area contributed by atoms with Crippen molar-refractivity contribution in [3.63, 3.8) is 0 Å². The lowest BCUT2D eigenvalue weighted by Crippen LogP contribution is -2.37. The van der Waals surface area contributed by atoms with Crippen molar-refractivity contribution >= 4 is 27.5 Å². The predicted octanol–water partition coefficient (Wildman–Crippen LogP) is 1.87. The van der Waals surface area contributed by atoms with Gasteiger partial charge in [0, 0.05) is 0 Å². The van der Waals surface area contributed by atoms with Crippen LogP contribution in [-0.2, 0) is 0 Å². The van der Waals surface area contributed by atoms with Crippen molar-refractivity contribution in [2.75, 3.05) is 6.61 Å². The van der Waals surface area contributed by atoms with Crippen LogP contribution < -0.4 is 0 Å². The van der Waals surface area contributed by atoms with Gasteiger partial charge in [0.25, 0.3) is 5.13 Å². The summed E-state index contributed by atoms with van der Waals surface area (Å²) in [6.45, 7) is -1.44. The average Bonchev–Trinajstić information content (AvgIpc) is 1.64. The Kier molecular flexibility index (Phi) is 2.79. The molecule has 56 valence electrons. The van der Waals surface area contributed by atoms with Crippen molar-refractivity contribution in [1.29, 1.82) is 0 Å². The zero-order chi connectivity index (χ0) is 7.71. The molecule has 9 heavy (non-hydrogen) atoms. The molecule has 0 aromatic rings. The quantitative estimate of drug-likeness (QED) is 0.714. The Hall–Kier alpha value is 0.520. The molecule has 0 radical (unpaired) electrons. The summed E-state index contributed by atoms with van der Waals surface area (Å²) in [6.07, 6.45) is 0. The maximum atomic E-state index is 12.0. The highest BCUT2D eigenvalue weighted by atomic mass is 79.9. The van der Waals surface area contributed by atoms with Gasteiger partial charge in [-0.1, -0.05) is 11.6 Å². The summed E-state index contributed by atoms with van der Waals surface area (Å²) in [7, 11) is 0. The molecule has 0 aromatic heterocycles. The van der Waals surface area contributed by atoms with Gasteiger partial charge in [0.1, 0.15) is 0 Å². The van der Waals surface area contributed by atoms with Crippen LogP contribution in [0.4, 0.5) is 13.2 Å². The van der Waals surface area contributed by atoms with Gasteiger partial charge in [-0.05, 0) is 15.9 Å². The normalized spacial score (nSPS) is 19.3. The van der Waals surface area contributed by atoms with Gasteiger partial charge in [0.2, 0.25) is 0 Å². The topological polar surface area (TPSA) is 20.2 Å². The average molecular weight is 227 g/mol. The summed E-state index contributed by atoms with van der Waals surface area (Å²) in [5, 5.41) is 4.50. The minimum atomic E-state index is -3.89. The molecule has 1 atom stereocenters. The minimum Gasteiger partial charge on any atom is -0.391 e. The zero-order valence-electron chi connectivity index (χ0n) is 4.04. The SMILES string of the molecule is OCC(F)(Cl)C(F)(F)Br. The molecule has 0 rings (SSSR count). The first-order chi connectivity index (χ1) is 3.81. The van der Waals surface area contributed by atoms with Crippen LogP contribution in [0, 0.1) is 0 Å². The molecule has 0 aliphatic heterocycles. The van der Waals surface area contributed by atoms with Crippen LogP contribution in [0.3, 0.4) is 0 Å². The molecule has 1 unspecified atom stereocenters. The Balaban J connectivity index is 4.14. The van der Waals surface area contributed by atoms with E-state index in [2.05, 4.69) is 11.6 Å². The van der Waals surface area contributed by atoms with E-state index in [1.807, 2.05) is 0 Å². The Morgan fingerprint density at radius 1 is 1.44 bits per heavy atom. The fourth-order valence-corrected chi connectivity index (χ4v) is 0.215. The zero-order valence-corrected chi connectivity index (χ0v) is 6.39. The Morgan fingerprint density at radius 2 is 1.78 bits per heavy atom. The molecule has 0 amide bonds. The number of halogens is 5. The fraction of sp³-hybridized carbons (Fsp3) is 1.00. The summed E-state index contributed by atoms with van der Waals surface area (Å²) in [6, 6.07) is 0. The molecule has 0 heterocycles. The van der Waals surface area contributed by atoms with Crippen LogP contribution in [0.2, 0.25) is 0 Å². The first-order valence-electron chi connectivity index (χ1n) is 1.86. The molecular weight excluding hydrogens is 224 g/mol. The fourth-order valence-electron chi connectivity index (χ4n) is 0.0896. The lowest BCUT2D eigenvalue weighted by molar-refractivity contribution is -0.0339. The third-order valence-corrected chi connectivity index (χ3v) is 1.83. The highest BCUT2D eigenvalue weighted by molar-refractivity contribution is 9.10. The van der Waals surface area contributed by atoms with E-state index in [1.165, 1.54) is 0 Å². The standard InChI is InChI=1S/C3H3BrClF3O/c4-3(7,8)2(5,6)1-9/h9H,1H2. The lowest BCUT2D eigenvalue weighted by atomic mass is 10.4. The Morgan fingerprint density at radius 3 is 1.78 bits per heavy atom. The summed E-state index contributed by atoms with van der Waals surface area (Å²) in [5.74, 6) is 0. The third kappa shape index (κ3) is 2.31. The molecule has 0 aliphatic rings. The first kappa shape index (κ1) is 9.52. The molecule has 0 bridgehead atoms. The van der Waals surface area contributed by atoms with Gasteiger partial charge in [-0.25, -0.2) is 4.39 Å². The molecule has 6 heteroatoms. The highest BCUT2D eigenvalue weighted by Gasteiger charge is 2.51. The van der Waals surface area contributed by atoms with E-state index < -0.39 is 16.6 Å². The minimum absolute atomic E-state index is 1.44. The number of alkyl halides is 5. The number of hydrogen-bond acceptors (Lipinski definition) is 1. The molecule has 0 saturated carbocycles. The molecule has 0 fully saturated rings. The molecule has 0 aliphatic carbocycles. The second-order valence-electron chi connectivity index (χ2n) is 1.36. The van der Waals surface area contributed by atoms with Gasteiger partial charge in [-0.2, -0.15) is 8.78 Å². The largest absolute Gasteiger partial charge is 0.391 e. The Labute approximate surface area is 62.9 Å². The summed E-state index contributed by atoms with van der Waals surface area (Å²) >= 11 is 6.14. The van der Waals surface area contributed by atoms with Crippen molar-refractivity contribution in [2.45, 2.75) is 9.96 Å². The van der Waals surface area contributed by atoms with Crippen LogP contribution in [0.1, 0.15) is 0 Å². The van der Waals surface area contributed by atoms with Crippen LogP contribution in [0.25, 0.3) is 0 Å². The number of hydrogen-bond donors (Lipinski definition) is 1. The highest BCUT2D eigenvalue weighted by Crippen LogP contribution is 2.40. The van der Waals surface area contributed by atoms with Crippen molar-refractivity contribution in [3.8, 4) is 0 Å². The number of aliphatic hydroxyl groups excluding tert-OH is 1. The summed E-state index contributed by atoms with van der Waals surface area (Å²) in [5.41, 5.74) is 0. The van der Waals surface area contributed by atoms with E-state index in [9.17, 15) is 13.2 Å². The number of rotatable bonds is 2. The van der Waals surface area contributed by atoms with Crippen LogP contribution >= 0.6 is 27.5 Å². The summed E-state index contributed by atoms with van der Waals surface area (Å²) in [4.78, 5) is -3.89. The molecule has 0 aromatic carbocycles. The van der Waals surface area contributed by atoms with Crippen LogP contribution in [-0.4, -0.2) is 21.7 Å². The monoisotopic (exact) mass is 226 g/mol. The second-order valence-corrected chi connectivity index (χ2v) is 2.96. The van der Waals surface area contributed by atoms with Crippen LogP contribution in [0.15, 0.2) is 0 Å². The maximum Gasteiger partial charge on any atom is 0.350 e. The van der Waals surface area contributed by atoms with Crippen molar-refractivity contribution < 1.29 is 18.3 Å². The summed E-state index contributed by atoms with van der Waals surface area (Å²) < 4.78 is 35.5. The number of aliphatic hydroxyl groups is 1. The predicted molar refractivity (Wildman–Crippen MR) is 30.7 cm³/mol. The van der Waals surface area contributed by atoms with E-state index in [0.717, 1.165) is 0 Å². The van der Waals surface area contributed by atoms with Gasteiger partial charge in [0.05, 0.1) is 6.61 Å². The van der Waals surface area contributed by atoms with Gasteiger partial charge >= 0.3 is 4.83 Å². The third-order valence-electron chi connectivity index (χ3n) is 0.613. The molecular formula is C3H3BrClF3O. The molecule has 1 N–H and O–H groups in total. The van der Waals surface area contributed by atoms with Crippen molar-refractivity contribution in [3.05, 3.63) is 0 Å².